The molecule has 6 nitrogen and oxygen atoms in total. The molecular formula is C22H22ClN3O3S2. The molecule has 0 bridgehead atoms. The van der Waals surface area contributed by atoms with Gasteiger partial charge in [0, 0.05) is 48.7 Å². The van der Waals surface area contributed by atoms with Gasteiger partial charge in [0.1, 0.15) is 10.8 Å². The second-order valence-corrected chi connectivity index (χ2v) is 10.7. The van der Waals surface area contributed by atoms with E-state index >= 15 is 0 Å². The number of thiazole rings is 1. The minimum absolute atomic E-state index is 0.113. The van der Waals surface area contributed by atoms with Crippen molar-refractivity contribution < 1.29 is 13.2 Å². The molecule has 0 atom stereocenters. The Hall–Kier alpha value is -2.26. The van der Waals surface area contributed by atoms with Crippen LogP contribution in [0.4, 0.5) is 0 Å². The Morgan fingerprint density at radius 3 is 2.35 bits per heavy atom. The van der Waals surface area contributed by atoms with Gasteiger partial charge in [-0.3, -0.25) is 9.69 Å². The Morgan fingerprint density at radius 1 is 1.00 bits per heavy atom. The van der Waals surface area contributed by atoms with Crippen molar-refractivity contribution in [3.8, 4) is 10.6 Å². The van der Waals surface area contributed by atoms with Gasteiger partial charge in [0.15, 0.2) is 9.84 Å². The van der Waals surface area contributed by atoms with Crippen molar-refractivity contribution in [2.45, 2.75) is 11.4 Å². The average molecular weight is 476 g/mol. The number of nitrogens with zero attached hydrogens (tertiary/aromatic N) is 3. The molecule has 1 aliphatic heterocycles. The lowest BCUT2D eigenvalue weighted by Gasteiger charge is -2.34. The van der Waals surface area contributed by atoms with E-state index in [-0.39, 0.29) is 10.8 Å². The first-order valence-electron chi connectivity index (χ1n) is 9.89. The van der Waals surface area contributed by atoms with Gasteiger partial charge < -0.3 is 4.90 Å². The van der Waals surface area contributed by atoms with Gasteiger partial charge in [-0.05, 0) is 24.3 Å². The maximum atomic E-state index is 12.6. The summed E-state index contributed by atoms with van der Waals surface area (Å²) >= 11 is 7.44. The van der Waals surface area contributed by atoms with Gasteiger partial charge in [-0.2, -0.15) is 0 Å². The molecule has 1 aromatic heterocycles. The average Bonchev–Trinajstić information content (AvgIpc) is 3.23. The third-order valence-corrected chi connectivity index (χ3v) is 7.98. The Kier molecular flexibility index (Phi) is 6.71. The van der Waals surface area contributed by atoms with Gasteiger partial charge in [-0.15, -0.1) is 11.3 Å². The lowest BCUT2D eigenvalue weighted by Crippen LogP contribution is -2.49. The Labute approximate surface area is 191 Å². The van der Waals surface area contributed by atoms with E-state index in [0.29, 0.717) is 37.7 Å². The summed E-state index contributed by atoms with van der Waals surface area (Å²) in [4.78, 5) is 21.3. The van der Waals surface area contributed by atoms with Crippen LogP contribution < -0.4 is 0 Å². The van der Waals surface area contributed by atoms with Crippen molar-refractivity contribution in [3.63, 3.8) is 0 Å². The summed E-state index contributed by atoms with van der Waals surface area (Å²) in [6.45, 7) is 3.10. The van der Waals surface area contributed by atoms with Gasteiger partial charge in [-0.25, -0.2) is 13.4 Å². The molecule has 0 aliphatic carbocycles. The van der Waals surface area contributed by atoms with Crippen LogP contribution in [0.15, 0.2) is 64.9 Å². The highest BCUT2D eigenvalue weighted by Crippen LogP contribution is 2.24. The smallest absolute Gasteiger partial charge is 0.238 e. The predicted octanol–water partition coefficient (Wildman–Crippen LogP) is 3.58. The zero-order valence-corrected chi connectivity index (χ0v) is 19.2. The number of carbonyl (C=O) groups excluding carboxylic acids is 1. The highest BCUT2D eigenvalue weighted by Gasteiger charge is 2.26. The minimum atomic E-state index is -3.68. The number of rotatable bonds is 6. The van der Waals surface area contributed by atoms with E-state index in [1.807, 2.05) is 30.3 Å². The standard InChI is InChI=1S/C22H22ClN3O3S2/c23-18-6-8-20(9-7-18)31(28,29)16-21(27)26-12-10-25(11-13-26)14-19-15-30-22(24-19)17-4-2-1-3-5-17/h1-9,15H,10-14,16H2. The highest BCUT2D eigenvalue weighted by molar-refractivity contribution is 7.92. The minimum Gasteiger partial charge on any atom is -0.339 e. The molecule has 0 N–H and O–H groups in total. The van der Waals surface area contributed by atoms with Crippen LogP contribution in [-0.2, 0) is 21.2 Å². The number of carbonyl (C=O) groups is 1. The Bertz CT molecular complexity index is 1140. The molecule has 31 heavy (non-hydrogen) atoms. The zero-order valence-electron chi connectivity index (χ0n) is 16.8. The summed E-state index contributed by atoms with van der Waals surface area (Å²) in [7, 11) is -3.68. The van der Waals surface area contributed by atoms with E-state index < -0.39 is 15.6 Å². The predicted molar refractivity (Wildman–Crippen MR) is 123 cm³/mol. The van der Waals surface area contributed by atoms with Crippen molar-refractivity contribution in [2.75, 3.05) is 31.9 Å². The molecule has 1 fully saturated rings. The van der Waals surface area contributed by atoms with Crippen LogP contribution in [-0.4, -0.2) is 61.0 Å². The summed E-state index contributed by atoms with van der Waals surface area (Å²) in [6, 6.07) is 16.0. The Balaban J connectivity index is 1.30. The number of hydrogen-bond acceptors (Lipinski definition) is 6. The number of hydrogen-bond donors (Lipinski definition) is 0. The van der Waals surface area contributed by atoms with Crippen LogP contribution in [0.3, 0.4) is 0 Å². The first kappa shape index (κ1) is 22.0. The summed E-state index contributed by atoms with van der Waals surface area (Å²) in [5, 5.41) is 3.52. The van der Waals surface area contributed by atoms with Gasteiger partial charge in [-0.1, -0.05) is 41.9 Å². The molecule has 2 heterocycles. The molecule has 3 aromatic rings. The molecular weight excluding hydrogens is 454 g/mol. The molecule has 162 valence electrons. The van der Waals surface area contributed by atoms with E-state index in [2.05, 4.69) is 10.3 Å². The second kappa shape index (κ2) is 9.48. The van der Waals surface area contributed by atoms with E-state index in [1.54, 1.807) is 16.2 Å². The molecule has 4 rings (SSSR count). The molecule has 0 radical (unpaired) electrons. The third kappa shape index (κ3) is 5.51. The second-order valence-electron chi connectivity index (χ2n) is 7.38. The van der Waals surface area contributed by atoms with Crippen LogP contribution in [0.2, 0.25) is 5.02 Å². The first-order chi connectivity index (χ1) is 14.9. The molecule has 1 aliphatic rings. The summed E-state index contributed by atoms with van der Waals surface area (Å²) in [5.41, 5.74) is 2.12. The fourth-order valence-electron chi connectivity index (χ4n) is 3.46. The van der Waals surface area contributed by atoms with Crippen LogP contribution in [0.25, 0.3) is 10.6 Å². The SMILES string of the molecule is O=C(CS(=O)(=O)c1ccc(Cl)cc1)N1CCN(Cc2csc(-c3ccccc3)n2)CC1. The van der Waals surface area contributed by atoms with Gasteiger partial charge in [0.05, 0.1) is 10.6 Å². The number of benzene rings is 2. The zero-order chi connectivity index (χ0) is 21.8. The van der Waals surface area contributed by atoms with Crippen LogP contribution >= 0.6 is 22.9 Å². The lowest BCUT2D eigenvalue weighted by atomic mass is 10.2. The number of sulfone groups is 1. The molecule has 0 unspecified atom stereocenters. The van der Waals surface area contributed by atoms with E-state index in [0.717, 1.165) is 16.3 Å². The van der Waals surface area contributed by atoms with Crippen molar-refractivity contribution >= 4 is 38.7 Å². The summed E-state index contributed by atoms with van der Waals surface area (Å²) in [6.07, 6.45) is 0. The molecule has 9 heteroatoms. The normalized spacial score (nSPS) is 15.2. The number of halogens is 1. The van der Waals surface area contributed by atoms with Crippen molar-refractivity contribution in [3.05, 3.63) is 70.7 Å². The number of aromatic nitrogens is 1. The van der Waals surface area contributed by atoms with Crippen molar-refractivity contribution in [1.29, 1.82) is 0 Å². The molecule has 0 saturated carbocycles. The van der Waals surface area contributed by atoms with Crippen LogP contribution in [0, 0.1) is 0 Å². The molecule has 1 amide bonds. The van der Waals surface area contributed by atoms with Crippen molar-refractivity contribution in [1.82, 2.24) is 14.8 Å². The van der Waals surface area contributed by atoms with E-state index in [1.165, 1.54) is 24.3 Å². The topological polar surface area (TPSA) is 70.6 Å². The summed E-state index contributed by atoms with van der Waals surface area (Å²) in [5.74, 6) is -0.893. The van der Waals surface area contributed by atoms with Gasteiger partial charge in [0.2, 0.25) is 5.91 Å². The highest BCUT2D eigenvalue weighted by atomic mass is 35.5. The number of amides is 1. The van der Waals surface area contributed by atoms with Crippen LogP contribution in [0.5, 0.6) is 0 Å². The van der Waals surface area contributed by atoms with Crippen LogP contribution in [0.1, 0.15) is 5.69 Å². The van der Waals surface area contributed by atoms with Crippen molar-refractivity contribution in [2.24, 2.45) is 0 Å². The van der Waals surface area contributed by atoms with Gasteiger partial charge >= 0.3 is 0 Å². The Morgan fingerprint density at radius 2 is 1.68 bits per heavy atom. The molecule has 1 saturated heterocycles. The number of piperazine rings is 1. The molecule has 0 spiro atoms. The van der Waals surface area contributed by atoms with E-state index in [4.69, 9.17) is 16.6 Å². The largest absolute Gasteiger partial charge is 0.339 e. The first-order valence-corrected chi connectivity index (χ1v) is 12.8. The summed E-state index contributed by atoms with van der Waals surface area (Å²) < 4.78 is 25.0. The monoisotopic (exact) mass is 475 g/mol. The quantitative estimate of drug-likeness (QED) is 0.545. The maximum absolute atomic E-state index is 12.6. The maximum Gasteiger partial charge on any atom is 0.238 e. The van der Waals surface area contributed by atoms with Gasteiger partial charge in [0.25, 0.3) is 0 Å². The third-order valence-electron chi connectivity index (χ3n) is 5.17. The fourth-order valence-corrected chi connectivity index (χ4v) is 5.62. The van der Waals surface area contributed by atoms with E-state index in [9.17, 15) is 13.2 Å². The lowest BCUT2D eigenvalue weighted by molar-refractivity contribution is -0.130. The molecule has 2 aromatic carbocycles. The fraction of sp³-hybridized carbons (Fsp3) is 0.273.